The smallest absolute Gasteiger partial charge is 0.221 e. The molecule has 2 amide bonds. The maximum Gasteiger partial charge on any atom is 0.221 e. The molecule has 0 aliphatic carbocycles. The Morgan fingerprint density at radius 2 is 1.00 bits per heavy atom. The van der Waals surface area contributed by atoms with Crippen molar-refractivity contribution < 1.29 is 9.59 Å². The van der Waals surface area contributed by atoms with Gasteiger partial charge in [-0.1, -0.05) is 62.3 Å². The molecule has 0 aromatic carbocycles. The minimum Gasteiger partial charge on any atom is -0.356 e. The molecule has 0 aromatic rings. The maximum absolute atomic E-state index is 12.6. The Kier molecular flexibility index (Phi) is 15.6. The van der Waals surface area contributed by atoms with Crippen molar-refractivity contribution in [2.75, 3.05) is 39.3 Å². The third kappa shape index (κ3) is 18.7. The van der Waals surface area contributed by atoms with Crippen LogP contribution >= 0.6 is 0 Å². The molecule has 2 N–H and O–H groups in total. The van der Waals surface area contributed by atoms with Crippen molar-refractivity contribution in [1.82, 2.24) is 20.4 Å². The largest absolute Gasteiger partial charge is 0.356 e. The van der Waals surface area contributed by atoms with Gasteiger partial charge in [-0.25, -0.2) is 0 Å². The monoisotopic (exact) mass is 525 g/mol. The van der Waals surface area contributed by atoms with E-state index in [0.717, 1.165) is 45.6 Å². The van der Waals surface area contributed by atoms with Crippen LogP contribution in [0.3, 0.4) is 0 Å². The molecule has 0 aliphatic rings. The van der Waals surface area contributed by atoms with E-state index in [1.165, 1.54) is 0 Å². The van der Waals surface area contributed by atoms with Crippen molar-refractivity contribution in [1.29, 1.82) is 0 Å². The van der Waals surface area contributed by atoms with E-state index in [1.54, 1.807) is 0 Å². The maximum atomic E-state index is 12.6. The minimum absolute atomic E-state index is 0.0832. The van der Waals surface area contributed by atoms with E-state index in [-0.39, 0.29) is 28.1 Å². The Morgan fingerprint density at radius 3 is 1.32 bits per heavy atom. The quantitative estimate of drug-likeness (QED) is 0.232. The van der Waals surface area contributed by atoms with Gasteiger partial charge in [0.1, 0.15) is 0 Å². The van der Waals surface area contributed by atoms with E-state index in [4.69, 9.17) is 0 Å². The van der Waals surface area contributed by atoms with Crippen molar-refractivity contribution in [3.05, 3.63) is 0 Å². The summed E-state index contributed by atoms with van der Waals surface area (Å²) in [5.74, 6) is 0.887. The lowest BCUT2D eigenvalue weighted by Crippen LogP contribution is -2.44. The van der Waals surface area contributed by atoms with Crippen LogP contribution in [-0.2, 0) is 9.59 Å². The highest BCUT2D eigenvalue weighted by Gasteiger charge is 2.26. The van der Waals surface area contributed by atoms with Gasteiger partial charge in [0.05, 0.1) is 0 Å². The molecule has 0 rings (SSSR count). The number of nitrogens with one attached hydrogen (secondary N) is 2. The highest BCUT2D eigenvalue weighted by atomic mass is 16.2. The first-order chi connectivity index (χ1) is 16.7. The molecule has 0 heterocycles. The number of hydrogen-bond donors (Lipinski definition) is 2. The molecular weight excluding hydrogens is 460 g/mol. The predicted molar refractivity (Wildman–Crippen MR) is 160 cm³/mol. The molecule has 0 radical (unpaired) electrons. The Labute approximate surface area is 231 Å². The number of hydrogen-bond acceptors (Lipinski definition) is 4. The summed E-state index contributed by atoms with van der Waals surface area (Å²) in [4.78, 5) is 29.9. The zero-order valence-corrected chi connectivity index (χ0v) is 27.0. The first-order valence-electron chi connectivity index (χ1n) is 14.7. The average molecular weight is 525 g/mol. The van der Waals surface area contributed by atoms with Gasteiger partial charge in [-0.2, -0.15) is 0 Å². The summed E-state index contributed by atoms with van der Waals surface area (Å²) in [7, 11) is 0. The van der Waals surface area contributed by atoms with Crippen molar-refractivity contribution in [2.45, 2.75) is 128 Å². The van der Waals surface area contributed by atoms with Crippen LogP contribution in [0.15, 0.2) is 0 Å². The fourth-order valence-corrected chi connectivity index (χ4v) is 5.53. The van der Waals surface area contributed by atoms with Crippen LogP contribution in [0.2, 0.25) is 0 Å². The Morgan fingerprint density at radius 1 is 0.622 bits per heavy atom. The lowest BCUT2D eigenvalue weighted by molar-refractivity contribution is -0.123. The van der Waals surface area contributed by atoms with Crippen LogP contribution in [0.5, 0.6) is 0 Å². The van der Waals surface area contributed by atoms with Crippen LogP contribution in [0.25, 0.3) is 0 Å². The van der Waals surface area contributed by atoms with Crippen LogP contribution < -0.4 is 10.6 Å². The second-order valence-electron chi connectivity index (χ2n) is 15.0. The summed E-state index contributed by atoms with van der Waals surface area (Å²) in [5, 5.41) is 6.32. The van der Waals surface area contributed by atoms with Crippen molar-refractivity contribution >= 4 is 11.8 Å². The van der Waals surface area contributed by atoms with E-state index in [9.17, 15) is 9.59 Å². The number of amides is 2. The second kappa shape index (κ2) is 16.1. The number of rotatable bonds is 18. The number of carbonyl (C=O) groups is 2. The zero-order chi connectivity index (χ0) is 29.0. The molecule has 0 aromatic heterocycles. The van der Waals surface area contributed by atoms with Crippen molar-refractivity contribution in [3.8, 4) is 0 Å². The summed E-state index contributed by atoms with van der Waals surface area (Å²) in [5.41, 5.74) is 0.448. The fourth-order valence-electron chi connectivity index (χ4n) is 5.53. The molecule has 6 nitrogen and oxygen atoms in total. The van der Waals surface area contributed by atoms with E-state index in [0.29, 0.717) is 37.4 Å². The molecule has 0 saturated carbocycles. The summed E-state index contributed by atoms with van der Waals surface area (Å²) in [6, 6.07) is 0.734. The van der Waals surface area contributed by atoms with Crippen LogP contribution in [0, 0.1) is 22.2 Å². The Bertz CT molecular complexity index is 663. The fraction of sp³-hybridized carbons (Fsp3) is 0.935. The van der Waals surface area contributed by atoms with Gasteiger partial charge in [-0.3, -0.25) is 19.4 Å². The topological polar surface area (TPSA) is 64.7 Å². The first-order valence-corrected chi connectivity index (χ1v) is 14.7. The molecule has 0 spiro atoms. The molecule has 0 atom stereocenters. The molecule has 220 valence electrons. The lowest BCUT2D eigenvalue weighted by Gasteiger charge is -2.33. The van der Waals surface area contributed by atoms with Crippen molar-refractivity contribution in [3.63, 3.8) is 0 Å². The molecule has 0 bridgehead atoms. The number of carbonyl (C=O) groups excluding carboxylic acids is 2. The van der Waals surface area contributed by atoms with Gasteiger partial charge in [0.15, 0.2) is 0 Å². The second-order valence-corrected chi connectivity index (χ2v) is 15.0. The highest BCUT2D eigenvalue weighted by molar-refractivity contribution is 5.76. The Balaban J connectivity index is 4.64. The third-order valence-corrected chi connectivity index (χ3v) is 6.89. The summed E-state index contributed by atoms with van der Waals surface area (Å²) >= 11 is 0. The molecule has 37 heavy (non-hydrogen) atoms. The molecular formula is C31H64N4O2. The molecule has 0 aliphatic heterocycles. The van der Waals surface area contributed by atoms with Gasteiger partial charge in [0.25, 0.3) is 0 Å². The predicted octanol–water partition coefficient (Wildman–Crippen LogP) is 5.95. The Hall–Kier alpha value is -1.14. The van der Waals surface area contributed by atoms with Gasteiger partial charge >= 0.3 is 0 Å². The molecule has 0 saturated heterocycles. The number of nitrogens with zero attached hydrogens (tertiary/aromatic N) is 2. The normalized spacial score (nSPS) is 13.4. The van der Waals surface area contributed by atoms with E-state index < -0.39 is 0 Å². The molecule has 0 fully saturated rings. The summed E-state index contributed by atoms with van der Waals surface area (Å²) in [6.45, 7) is 33.6. The third-order valence-electron chi connectivity index (χ3n) is 6.89. The van der Waals surface area contributed by atoms with Gasteiger partial charge in [0, 0.05) is 64.2 Å². The van der Waals surface area contributed by atoms with E-state index in [1.807, 2.05) is 0 Å². The summed E-state index contributed by atoms with van der Waals surface area (Å²) in [6.07, 6.45) is 3.20. The van der Waals surface area contributed by atoms with Crippen LogP contribution in [0.1, 0.15) is 116 Å². The van der Waals surface area contributed by atoms with Gasteiger partial charge in [-0.05, 0) is 62.7 Å². The van der Waals surface area contributed by atoms with E-state index in [2.05, 4.69) is 110 Å². The lowest BCUT2D eigenvalue weighted by atomic mass is 9.76. The molecule has 6 heteroatoms. The van der Waals surface area contributed by atoms with Crippen LogP contribution in [-0.4, -0.2) is 73.0 Å². The average Bonchev–Trinajstić information content (AvgIpc) is 2.69. The minimum atomic E-state index is 0.0832. The van der Waals surface area contributed by atoms with Gasteiger partial charge in [-0.15, -0.1) is 0 Å². The van der Waals surface area contributed by atoms with Gasteiger partial charge in [0.2, 0.25) is 11.8 Å². The highest BCUT2D eigenvalue weighted by Crippen LogP contribution is 2.32. The zero-order valence-electron chi connectivity index (χ0n) is 27.0. The van der Waals surface area contributed by atoms with Crippen molar-refractivity contribution in [2.24, 2.45) is 22.2 Å². The molecule has 0 unspecified atom stereocenters. The van der Waals surface area contributed by atoms with E-state index >= 15 is 0 Å². The van der Waals surface area contributed by atoms with Crippen LogP contribution in [0.4, 0.5) is 0 Å². The van der Waals surface area contributed by atoms with Gasteiger partial charge < -0.3 is 10.6 Å². The summed E-state index contributed by atoms with van der Waals surface area (Å²) < 4.78 is 0. The SMILES string of the molecule is CC(C)CC(C)(C)CNC(=O)CCN(CCN(CCC(=O)NCC(C)(C)CC(C)(C)C)C(C)C)C(C)C. The standard InChI is InChI=1S/C31H64N4O2/c1-24(2)20-30(10,11)22-32-27(36)14-16-34(25(3)4)18-19-35(26(5)6)17-15-28(37)33-23-31(12,13)21-29(7,8)9/h24-26H,14-23H2,1-13H3,(H,32,36)(H,33,37). The first kappa shape index (κ1) is 35.9.